The highest BCUT2D eigenvalue weighted by Crippen LogP contribution is 2.40. The summed E-state index contributed by atoms with van der Waals surface area (Å²) in [6, 6.07) is 16.4. The third kappa shape index (κ3) is 6.30. The van der Waals surface area contributed by atoms with E-state index in [1.54, 1.807) is 36.5 Å². The number of carbonyl (C=O) groups excluding carboxylic acids is 1. The van der Waals surface area contributed by atoms with Gasteiger partial charge in [-0.3, -0.25) is 19.5 Å². The molecule has 3 aromatic rings. The van der Waals surface area contributed by atoms with Gasteiger partial charge in [-0.1, -0.05) is 37.6 Å². The molecule has 9 nitrogen and oxygen atoms in total. The average molecular weight is 560 g/mol. The number of ether oxygens (including phenoxy) is 3. The van der Waals surface area contributed by atoms with Gasteiger partial charge in [-0.2, -0.15) is 0 Å². The van der Waals surface area contributed by atoms with Crippen LogP contribution in [0.15, 0.2) is 67.0 Å². The number of aromatic nitrogens is 1. The van der Waals surface area contributed by atoms with Crippen molar-refractivity contribution in [3.05, 3.63) is 78.1 Å². The number of carboxylic acids is 1. The predicted octanol–water partition coefficient (Wildman–Crippen LogP) is 4.41. The number of para-hydroxylation sites is 2. The quantitative estimate of drug-likeness (QED) is 0.348. The molecular weight excluding hydrogens is 522 g/mol. The normalized spacial score (nSPS) is 19.8. The fourth-order valence-corrected chi connectivity index (χ4v) is 5.87. The first-order valence-corrected chi connectivity index (χ1v) is 14.2. The van der Waals surface area contributed by atoms with E-state index in [0.717, 1.165) is 41.8 Å². The van der Waals surface area contributed by atoms with E-state index >= 15 is 0 Å². The number of pyridine rings is 1. The highest BCUT2D eigenvalue weighted by Gasteiger charge is 2.48. The zero-order valence-electron chi connectivity index (χ0n) is 23.6. The van der Waals surface area contributed by atoms with Crippen LogP contribution in [0, 0.1) is 5.92 Å². The molecule has 0 bridgehead atoms. The van der Waals surface area contributed by atoms with Crippen LogP contribution in [0.4, 0.5) is 5.69 Å². The summed E-state index contributed by atoms with van der Waals surface area (Å²) in [6.45, 7) is 3.85. The summed E-state index contributed by atoms with van der Waals surface area (Å²) in [4.78, 5) is 34.6. The molecule has 3 heterocycles. The van der Waals surface area contributed by atoms with Gasteiger partial charge in [-0.25, -0.2) is 0 Å². The maximum absolute atomic E-state index is 13.8. The zero-order valence-corrected chi connectivity index (χ0v) is 23.6. The van der Waals surface area contributed by atoms with Crippen LogP contribution in [-0.2, 0) is 16.0 Å². The molecule has 0 spiro atoms. The number of benzene rings is 2. The monoisotopic (exact) mass is 559 g/mol. The lowest BCUT2D eigenvalue weighted by molar-refractivity contribution is -0.143. The van der Waals surface area contributed by atoms with Crippen molar-refractivity contribution in [2.75, 3.05) is 44.9 Å². The lowest BCUT2D eigenvalue weighted by Crippen LogP contribution is -2.46. The van der Waals surface area contributed by atoms with E-state index in [2.05, 4.69) is 18.0 Å². The zero-order chi connectivity index (χ0) is 28.8. The van der Waals surface area contributed by atoms with E-state index in [1.165, 1.54) is 0 Å². The Morgan fingerprint density at radius 2 is 1.98 bits per heavy atom. The number of methoxy groups -OCH3 is 1. The molecule has 0 radical (unpaired) electrons. The Balaban J connectivity index is 1.45. The summed E-state index contributed by atoms with van der Waals surface area (Å²) in [5, 5.41) is 10.5. The van der Waals surface area contributed by atoms with Crippen LogP contribution in [0.5, 0.6) is 17.2 Å². The molecule has 2 aliphatic heterocycles. The molecule has 1 N–H and O–H groups in total. The largest absolute Gasteiger partial charge is 0.493 e. The maximum atomic E-state index is 13.8. The molecule has 1 saturated heterocycles. The summed E-state index contributed by atoms with van der Waals surface area (Å²) in [6.07, 6.45) is 5.96. The molecule has 2 aromatic carbocycles. The van der Waals surface area contributed by atoms with Crippen molar-refractivity contribution in [1.29, 1.82) is 0 Å². The number of carbonyl (C=O) groups is 2. The molecule has 9 heteroatoms. The first-order chi connectivity index (χ1) is 20.0. The number of anilines is 1. The molecule has 3 atom stereocenters. The van der Waals surface area contributed by atoms with Crippen LogP contribution >= 0.6 is 0 Å². The Bertz CT molecular complexity index is 1350. The standard InChI is InChI=1S/C32H37N3O6/c1-3-4-15-35(24-8-7-14-33-18-24)30(36)20-34-19-25(22-11-12-27-23(17-22)13-16-40-27)31(32(37)38)26(34)21-41-29-10-6-5-9-28(29)39-2/h5-12,14,17-18,25-26,31H,3-4,13,15-16,19-21H2,1-2H3,(H,37,38)/t25-,26+,31-/m1/s1. The van der Waals surface area contributed by atoms with Crippen molar-refractivity contribution in [2.45, 2.75) is 38.1 Å². The summed E-state index contributed by atoms with van der Waals surface area (Å²) in [7, 11) is 1.57. The molecule has 216 valence electrons. The molecule has 0 unspecified atom stereocenters. The number of unbranched alkanes of at least 4 members (excludes halogenated alkanes) is 1. The highest BCUT2D eigenvalue weighted by atomic mass is 16.5. The Morgan fingerprint density at radius 3 is 2.71 bits per heavy atom. The van der Waals surface area contributed by atoms with Crippen molar-refractivity contribution in [1.82, 2.24) is 9.88 Å². The van der Waals surface area contributed by atoms with E-state index in [-0.39, 0.29) is 25.0 Å². The fourth-order valence-electron chi connectivity index (χ4n) is 5.87. The molecule has 41 heavy (non-hydrogen) atoms. The summed E-state index contributed by atoms with van der Waals surface area (Å²) >= 11 is 0. The number of hydrogen-bond donors (Lipinski definition) is 1. The van der Waals surface area contributed by atoms with Crippen LogP contribution in [0.25, 0.3) is 0 Å². The minimum absolute atomic E-state index is 0.0624. The van der Waals surface area contributed by atoms with Gasteiger partial charge in [0.2, 0.25) is 5.91 Å². The van der Waals surface area contributed by atoms with Gasteiger partial charge in [-0.15, -0.1) is 0 Å². The third-order valence-corrected chi connectivity index (χ3v) is 7.99. The minimum atomic E-state index is -0.912. The second-order valence-corrected chi connectivity index (χ2v) is 10.5. The smallest absolute Gasteiger partial charge is 0.308 e. The second kappa shape index (κ2) is 13.0. The van der Waals surface area contributed by atoms with Gasteiger partial charge in [0.25, 0.3) is 0 Å². The van der Waals surface area contributed by atoms with Gasteiger partial charge in [0.05, 0.1) is 44.1 Å². The number of hydrogen-bond acceptors (Lipinski definition) is 7. The van der Waals surface area contributed by atoms with Crippen molar-refractivity contribution in [3.63, 3.8) is 0 Å². The van der Waals surface area contributed by atoms with Gasteiger partial charge in [0, 0.05) is 31.6 Å². The van der Waals surface area contributed by atoms with E-state index < -0.39 is 17.9 Å². The van der Waals surface area contributed by atoms with Gasteiger partial charge in [-0.05, 0) is 47.9 Å². The maximum Gasteiger partial charge on any atom is 0.308 e. The summed E-state index contributed by atoms with van der Waals surface area (Å²) < 4.78 is 17.3. The van der Waals surface area contributed by atoms with E-state index in [4.69, 9.17) is 14.2 Å². The first kappa shape index (κ1) is 28.4. The number of amides is 1. The Morgan fingerprint density at radius 1 is 1.15 bits per heavy atom. The molecule has 2 aliphatic rings. The number of nitrogens with zero attached hydrogens (tertiary/aromatic N) is 3. The SMILES string of the molecule is CCCCN(C(=O)CN1C[C@H](c2ccc3c(c2)CCO3)[C@@H](C(=O)O)[C@@H]1COc1ccccc1OC)c1cccnc1. The van der Waals surface area contributed by atoms with Gasteiger partial charge >= 0.3 is 5.97 Å². The molecule has 0 aliphatic carbocycles. The van der Waals surface area contributed by atoms with E-state index in [9.17, 15) is 14.7 Å². The van der Waals surface area contributed by atoms with Crippen molar-refractivity contribution >= 4 is 17.6 Å². The third-order valence-electron chi connectivity index (χ3n) is 7.99. The number of fused-ring (bicyclic) bond motifs is 1. The molecule has 5 rings (SSSR count). The van der Waals surface area contributed by atoms with Crippen LogP contribution in [0.1, 0.15) is 36.8 Å². The summed E-state index contributed by atoms with van der Waals surface area (Å²) in [5.74, 6) is -0.155. The molecule has 1 amide bonds. The van der Waals surface area contributed by atoms with E-state index in [1.807, 2.05) is 41.3 Å². The van der Waals surface area contributed by atoms with Crippen molar-refractivity contribution < 1.29 is 28.9 Å². The molecule has 1 aromatic heterocycles. The fraction of sp³-hybridized carbons (Fsp3) is 0.406. The molecule has 0 saturated carbocycles. The van der Waals surface area contributed by atoms with Gasteiger partial charge in [0.15, 0.2) is 11.5 Å². The second-order valence-electron chi connectivity index (χ2n) is 10.5. The first-order valence-electron chi connectivity index (χ1n) is 14.2. The van der Waals surface area contributed by atoms with Crippen LogP contribution in [0.2, 0.25) is 0 Å². The average Bonchev–Trinajstić information content (AvgIpc) is 3.61. The topological polar surface area (TPSA) is 101 Å². The lowest BCUT2D eigenvalue weighted by atomic mass is 9.84. The Kier molecular flexibility index (Phi) is 9.04. The van der Waals surface area contributed by atoms with Gasteiger partial charge in [0.1, 0.15) is 12.4 Å². The lowest BCUT2D eigenvalue weighted by Gasteiger charge is -2.29. The number of likely N-dealkylation sites (tertiary alicyclic amines) is 1. The number of aliphatic carboxylic acids is 1. The number of rotatable bonds is 12. The number of carboxylic acid groups (broad SMARTS) is 1. The Labute approximate surface area is 240 Å². The van der Waals surface area contributed by atoms with Crippen molar-refractivity contribution in [2.24, 2.45) is 5.92 Å². The minimum Gasteiger partial charge on any atom is -0.493 e. The van der Waals surface area contributed by atoms with Crippen molar-refractivity contribution in [3.8, 4) is 17.2 Å². The summed E-state index contributed by atoms with van der Waals surface area (Å²) in [5.41, 5.74) is 2.76. The van der Waals surface area contributed by atoms with Crippen LogP contribution in [-0.4, -0.2) is 72.9 Å². The van der Waals surface area contributed by atoms with Crippen LogP contribution in [0.3, 0.4) is 0 Å². The molecule has 1 fully saturated rings. The van der Waals surface area contributed by atoms with Gasteiger partial charge < -0.3 is 24.2 Å². The Hall–Kier alpha value is -4.11. The van der Waals surface area contributed by atoms with Crippen LogP contribution < -0.4 is 19.1 Å². The predicted molar refractivity (Wildman–Crippen MR) is 155 cm³/mol. The molecular formula is C32H37N3O6. The highest BCUT2D eigenvalue weighted by molar-refractivity contribution is 5.94. The van der Waals surface area contributed by atoms with E-state index in [0.29, 0.717) is 31.2 Å².